The molecule has 0 unspecified atom stereocenters. The highest BCUT2D eigenvalue weighted by molar-refractivity contribution is 6.04. The maximum absolute atomic E-state index is 11.8. The molecule has 0 amide bonds. The summed E-state index contributed by atoms with van der Waals surface area (Å²) >= 11 is 0. The zero-order chi connectivity index (χ0) is 16.6. The van der Waals surface area contributed by atoms with Gasteiger partial charge in [0.2, 0.25) is 0 Å². The summed E-state index contributed by atoms with van der Waals surface area (Å²) in [6.07, 6.45) is 3.70. The van der Waals surface area contributed by atoms with Gasteiger partial charge < -0.3 is 14.2 Å². The summed E-state index contributed by atoms with van der Waals surface area (Å²) in [6.45, 7) is 4.22. The number of rotatable bonds is 4. The van der Waals surface area contributed by atoms with E-state index in [-0.39, 0.29) is 0 Å². The topological polar surface area (TPSA) is 50.9 Å². The number of nitrogens with zero attached hydrogens (tertiary/aromatic N) is 1. The van der Waals surface area contributed by atoms with Crippen molar-refractivity contribution < 1.29 is 14.6 Å². The van der Waals surface area contributed by atoms with Gasteiger partial charge in [-0.2, -0.15) is 0 Å². The number of hydrogen-bond donors (Lipinski definition) is 1. The molecule has 0 aliphatic rings. The third kappa shape index (κ3) is 2.57. The molecule has 0 bridgehead atoms. The van der Waals surface area contributed by atoms with Gasteiger partial charge in [-0.1, -0.05) is 26.0 Å². The molecule has 0 spiro atoms. The van der Waals surface area contributed by atoms with Crippen molar-refractivity contribution in [3.05, 3.63) is 59.9 Å². The van der Waals surface area contributed by atoms with E-state index in [0.717, 1.165) is 11.1 Å². The highest BCUT2D eigenvalue weighted by Crippen LogP contribution is 2.37. The second kappa shape index (κ2) is 5.80. The first-order valence-corrected chi connectivity index (χ1v) is 7.54. The monoisotopic (exact) mass is 309 g/mol. The average molecular weight is 309 g/mol. The van der Waals surface area contributed by atoms with Crippen molar-refractivity contribution in [3.63, 3.8) is 0 Å². The number of ether oxygens (including phenoxy) is 1. The molecule has 0 aliphatic heterocycles. The zero-order valence-electron chi connectivity index (χ0n) is 13.4. The summed E-state index contributed by atoms with van der Waals surface area (Å²) in [5, 5.41) is 9.70. The smallest absolute Gasteiger partial charge is 0.338 e. The second-order valence-electron chi connectivity index (χ2n) is 5.83. The number of pyridine rings is 1. The molecule has 23 heavy (non-hydrogen) atoms. The first kappa shape index (κ1) is 15.2. The quantitative estimate of drug-likeness (QED) is 0.775. The Bertz CT molecular complexity index is 877. The van der Waals surface area contributed by atoms with E-state index >= 15 is 0 Å². The molecule has 0 fully saturated rings. The number of methoxy groups -OCH3 is 1. The van der Waals surface area contributed by atoms with Gasteiger partial charge in [-0.15, -0.1) is 0 Å². The van der Waals surface area contributed by atoms with Gasteiger partial charge in [-0.25, -0.2) is 4.79 Å². The van der Waals surface area contributed by atoms with E-state index in [1.165, 1.54) is 0 Å². The van der Waals surface area contributed by atoms with Crippen LogP contribution in [0, 0.1) is 0 Å². The van der Waals surface area contributed by atoms with Crippen molar-refractivity contribution in [1.82, 2.24) is 4.40 Å². The number of fused-ring (bicyclic) bond motifs is 1. The van der Waals surface area contributed by atoms with Crippen molar-refractivity contribution in [3.8, 4) is 16.9 Å². The second-order valence-corrected chi connectivity index (χ2v) is 5.83. The number of aromatic carboxylic acids is 1. The van der Waals surface area contributed by atoms with E-state index in [2.05, 4.69) is 13.8 Å². The highest BCUT2D eigenvalue weighted by Gasteiger charge is 2.21. The summed E-state index contributed by atoms with van der Waals surface area (Å²) in [5.41, 5.74) is 3.59. The summed E-state index contributed by atoms with van der Waals surface area (Å²) in [6, 6.07) is 11.5. The average Bonchev–Trinajstić information content (AvgIpc) is 2.93. The lowest BCUT2D eigenvalue weighted by molar-refractivity contribution is 0.0700. The normalized spacial score (nSPS) is 11.1. The molecular weight excluding hydrogens is 290 g/mol. The third-order valence-corrected chi connectivity index (χ3v) is 4.08. The van der Waals surface area contributed by atoms with Gasteiger partial charge in [-0.3, -0.25) is 0 Å². The fourth-order valence-corrected chi connectivity index (χ4v) is 2.85. The molecule has 3 rings (SSSR count). The molecule has 4 nitrogen and oxygen atoms in total. The number of carboxylic acid groups (broad SMARTS) is 1. The standard InChI is InChI=1S/C19H19NO3/c1-12(2)13-7-8-17(23-3)14(10-13)15-11-20-9-5-4-6-16(20)18(15)19(21)22/h4-12H,1-3H3,(H,21,22). The Hall–Kier alpha value is -2.75. The van der Waals surface area contributed by atoms with Crippen molar-refractivity contribution in [2.75, 3.05) is 7.11 Å². The molecule has 118 valence electrons. The third-order valence-electron chi connectivity index (χ3n) is 4.08. The molecule has 0 saturated carbocycles. The van der Waals surface area contributed by atoms with Crippen molar-refractivity contribution in [1.29, 1.82) is 0 Å². The lowest BCUT2D eigenvalue weighted by Gasteiger charge is -2.12. The van der Waals surface area contributed by atoms with Crippen LogP contribution in [0.3, 0.4) is 0 Å². The Morgan fingerprint density at radius 3 is 2.61 bits per heavy atom. The van der Waals surface area contributed by atoms with Crippen LogP contribution in [-0.2, 0) is 0 Å². The molecule has 3 aromatic rings. The minimum absolute atomic E-state index is 0.296. The Labute approximate surface area is 135 Å². The zero-order valence-corrected chi connectivity index (χ0v) is 13.4. The summed E-state index contributed by atoms with van der Waals surface area (Å²) in [5.74, 6) is 0.0866. The van der Waals surface area contributed by atoms with Crippen LogP contribution in [-0.4, -0.2) is 22.6 Å². The fourth-order valence-electron chi connectivity index (χ4n) is 2.85. The number of hydrogen-bond acceptors (Lipinski definition) is 2. The minimum atomic E-state index is -0.939. The highest BCUT2D eigenvalue weighted by atomic mass is 16.5. The fraction of sp³-hybridized carbons (Fsp3) is 0.211. The van der Waals surface area contributed by atoms with Crippen LogP contribution in [0.15, 0.2) is 48.8 Å². The first-order valence-electron chi connectivity index (χ1n) is 7.54. The summed E-state index contributed by atoms with van der Waals surface area (Å²) in [4.78, 5) is 11.8. The number of carbonyl (C=O) groups is 1. The van der Waals surface area contributed by atoms with E-state index in [1.807, 2.05) is 53.2 Å². The van der Waals surface area contributed by atoms with Crippen LogP contribution in [0.5, 0.6) is 5.75 Å². The minimum Gasteiger partial charge on any atom is -0.496 e. The molecule has 0 saturated heterocycles. The first-order chi connectivity index (χ1) is 11.0. The van der Waals surface area contributed by atoms with Gasteiger partial charge in [0.25, 0.3) is 0 Å². The summed E-state index contributed by atoms with van der Waals surface area (Å²) in [7, 11) is 1.60. The SMILES string of the molecule is COc1ccc(C(C)C)cc1-c1cn2ccccc2c1C(=O)O. The van der Waals surface area contributed by atoms with Crippen LogP contribution in [0.1, 0.15) is 35.7 Å². The van der Waals surface area contributed by atoms with Gasteiger partial charge in [0, 0.05) is 23.5 Å². The van der Waals surface area contributed by atoms with Crippen molar-refractivity contribution in [2.24, 2.45) is 0 Å². The molecule has 1 aromatic carbocycles. The molecule has 0 radical (unpaired) electrons. The molecule has 2 aromatic heterocycles. The molecular formula is C19H19NO3. The molecule has 2 heterocycles. The predicted molar refractivity (Wildman–Crippen MR) is 90.4 cm³/mol. The maximum atomic E-state index is 11.8. The molecule has 1 N–H and O–H groups in total. The van der Waals surface area contributed by atoms with E-state index in [0.29, 0.717) is 28.3 Å². The van der Waals surface area contributed by atoms with E-state index in [1.54, 1.807) is 7.11 Å². The van der Waals surface area contributed by atoms with E-state index in [4.69, 9.17) is 4.74 Å². The van der Waals surface area contributed by atoms with Crippen molar-refractivity contribution >= 4 is 11.5 Å². The van der Waals surface area contributed by atoms with Gasteiger partial charge in [0.1, 0.15) is 5.75 Å². The predicted octanol–water partition coefficient (Wildman–Crippen LogP) is 4.44. The Balaban J connectivity index is 2.34. The number of benzene rings is 1. The lowest BCUT2D eigenvalue weighted by Crippen LogP contribution is -1.99. The van der Waals surface area contributed by atoms with Crippen LogP contribution in [0.2, 0.25) is 0 Å². The van der Waals surface area contributed by atoms with Crippen molar-refractivity contribution in [2.45, 2.75) is 19.8 Å². The van der Waals surface area contributed by atoms with Gasteiger partial charge in [-0.05, 0) is 35.7 Å². The number of carboxylic acids is 1. The molecule has 0 aliphatic carbocycles. The van der Waals surface area contributed by atoms with Gasteiger partial charge >= 0.3 is 5.97 Å². The summed E-state index contributed by atoms with van der Waals surface area (Å²) < 4.78 is 7.30. The van der Waals surface area contributed by atoms with Crippen LogP contribution >= 0.6 is 0 Å². The van der Waals surface area contributed by atoms with E-state index in [9.17, 15) is 9.90 Å². The van der Waals surface area contributed by atoms with Crippen LogP contribution < -0.4 is 4.74 Å². The lowest BCUT2D eigenvalue weighted by atomic mass is 9.95. The van der Waals surface area contributed by atoms with Crippen LogP contribution in [0.4, 0.5) is 0 Å². The van der Waals surface area contributed by atoms with Gasteiger partial charge in [0.15, 0.2) is 0 Å². The van der Waals surface area contributed by atoms with Crippen LogP contribution in [0.25, 0.3) is 16.6 Å². The Kier molecular flexibility index (Phi) is 3.82. The largest absolute Gasteiger partial charge is 0.496 e. The Morgan fingerprint density at radius 2 is 1.96 bits per heavy atom. The Morgan fingerprint density at radius 1 is 1.17 bits per heavy atom. The van der Waals surface area contributed by atoms with E-state index < -0.39 is 5.97 Å². The number of aromatic nitrogens is 1. The van der Waals surface area contributed by atoms with Gasteiger partial charge in [0.05, 0.1) is 18.2 Å². The maximum Gasteiger partial charge on any atom is 0.338 e. The molecule has 0 atom stereocenters. The molecule has 4 heteroatoms.